The highest BCUT2D eigenvalue weighted by atomic mass is 35.5. The number of hydrogen-bond acceptors (Lipinski definition) is 3. The molecule has 0 saturated carbocycles. The summed E-state index contributed by atoms with van der Waals surface area (Å²) in [5.74, 6) is 1.10. The van der Waals surface area contributed by atoms with E-state index >= 15 is 0 Å². The first kappa shape index (κ1) is 18.0. The Morgan fingerprint density at radius 1 is 1.22 bits per heavy atom. The molecular weight excluding hydrogens is 360 g/mol. The van der Waals surface area contributed by atoms with Crippen LogP contribution in [0.5, 0.6) is 0 Å². The second-order valence-electron chi connectivity index (χ2n) is 7.15. The number of carbonyl (C=O) groups excluding carboxylic acids is 1. The lowest BCUT2D eigenvalue weighted by atomic mass is 9.97. The highest BCUT2D eigenvalue weighted by Crippen LogP contribution is 2.22. The van der Waals surface area contributed by atoms with Gasteiger partial charge in [-0.1, -0.05) is 23.7 Å². The average molecular weight is 383 g/mol. The summed E-state index contributed by atoms with van der Waals surface area (Å²) in [5, 5.41) is 3.68. The van der Waals surface area contributed by atoms with E-state index in [2.05, 4.69) is 27.9 Å². The van der Waals surface area contributed by atoms with Crippen LogP contribution in [0.1, 0.15) is 18.7 Å². The van der Waals surface area contributed by atoms with Crippen LogP contribution in [0.4, 0.5) is 5.69 Å². The number of rotatable bonds is 4. The molecule has 1 atom stereocenters. The predicted octanol–water partition coefficient (Wildman–Crippen LogP) is 4.08. The molecule has 0 unspecified atom stereocenters. The van der Waals surface area contributed by atoms with Gasteiger partial charge in [-0.05, 0) is 55.8 Å². The Balaban J connectivity index is 1.42. The maximum Gasteiger partial charge on any atom is 0.228 e. The highest BCUT2D eigenvalue weighted by molar-refractivity contribution is 6.30. The van der Waals surface area contributed by atoms with Crippen molar-refractivity contribution in [1.29, 1.82) is 0 Å². The summed E-state index contributed by atoms with van der Waals surface area (Å²) in [6.07, 6.45) is 1.93. The van der Waals surface area contributed by atoms with Crippen molar-refractivity contribution in [2.75, 3.05) is 18.4 Å². The molecule has 0 bridgehead atoms. The minimum atomic E-state index is -0.0101. The monoisotopic (exact) mass is 382 g/mol. The molecule has 140 valence electrons. The summed E-state index contributed by atoms with van der Waals surface area (Å²) in [6, 6.07) is 15.4. The number of piperidine rings is 1. The van der Waals surface area contributed by atoms with Gasteiger partial charge in [0, 0.05) is 24.3 Å². The summed E-state index contributed by atoms with van der Waals surface area (Å²) in [7, 11) is 2.05. The number of carbonyl (C=O) groups is 1. The van der Waals surface area contributed by atoms with Crippen LogP contribution >= 0.6 is 11.6 Å². The average Bonchev–Trinajstić information content (AvgIpc) is 3.00. The first-order chi connectivity index (χ1) is 13.1. The second-order valence-corrected chi connectivity index (χ2v) is 7.58. The number of hydrogen-bond donors (Lipinski definition) is 1. The zero-order valence-corrected chi connectivity index (χ0v) is 16.1. The first-order valence-electron chi connectivity index (χ1n) is 9.29. The van der Waals surface area contributed by atoms with Gasteiger partial charge in [-0.3, -0.25) is 9.69 Å². The molecule has 1 saturated heterocycles. The van der Waals surface area contributed by atoms with Crippen molar-refractivity contribution in [3.05, 3.63) is 59.4 Å². The minimum absolute atomic E-state index is 0.0101. The van der Waals surface area contributed by atoms with Gasteiger partial charge < -0.3 is 9.88 Å². The van der Waals surface area contributed by atoms with Gasteiger partial charge in [-0.25, -0.2) is 4.98 Å². The normalized spacial score (nSPS) is 17.9. The third kappa shape index (κ3) is 3.99. The molecule has 1 amide bonds. The Hall–Kier alpha value is -2.37. The predicted molar refractivity (Wildman–Crippen MR) is 109 cm³/mol. The number of nitrogens with one attached hydrogen (secondary N) is 1. The van der Waals surface area contributed by atoms with E-state index in [1.807, 2.05) is 30.3 Å². The number of benzene rings is 2. The molecule has 1 aliphatic heterocycles. The molecule has 6 heteroatoms. The largest absolute Gasteiger partial charge is 0.330 e. The van der Waals surface area contributed by atoms with Crippen LogP contribution in [0, 0.1) is 5.92 Å². The number of anilines is 1. The maximum absolute atomic E-state index is 12.7. The Morgan fingerprint density at radius 2 is 2.00 bits per heavy atom. The van der Waals surface area contributed by atoms with Crippen molar-refractivity contribution < 1.29 is 4.79 Å². The van der Waals surface area contributed by atoms with Gasteiger partial charge in [0.1, 0.15) is 5.82 Å². The number of imidazole rings is 1. The molecule has 1 fully saturated rings. The van der Waals surface area contributed by atoms with E-state index in [9.17, 15) is 4.79 Å². The molecule has 0 spiro atoms. The number of likely N-dealkylation sites (tertiary alicyclic amines) is 1. The zero-order valence-electron chi connectivity index (χ0n) is 15.4. The number of aryl methyl sites for hydroxylation is 1. The lowest BCUT2D eigenvalue weighted by molar-refractivity contribution is -0.121. The highest BCUT2D eigenvalue weighted by Gasteiger charge is 2.26. The summed E-state index contributed by atoms with van der Waals surface area (Å²) < 4.78 is 2.15. The van der Waals surface area contributed by atoms with Crippen molar-refractivity contribution in [3.8, 4) is 0 Å². The summed E-state index contributed by atoms with van der Waals surface area (Å²) in [5.41, 5.74) is 2.95. The number of nitrogens with zero attached hydrogens (tertiary/aromatic N) is 3. The zero-order chi connectivity index (χ0) is 18.8. The van der Waals surface area contributed by atoms with Crippen LogP contribution in [0.3, 0.4) is 0 Å². The first-order valence-corrected chi connectivity index (χ1v) is 9.67. The molecule has 4 rings (SSSR count). The van der Waals surface area contributed by atoms with Crippen LogP contribution in [0.15, 0.2) is 48.5 Å². The van der Waals surface area contributed by atoms with Crippen molar-refractivity contribution in [1.82, 2.24) is 14.5 Å². The van der Waals surface area contributed by atoms with E-state index in [0.29, 0.717) is 5.02 Å². The molecule has 1 aliphatic rings. The van der Waals surface area contributed by atoms with E-state index in [-0.39, 0.29) is 11.8 Å². The van der Waals surface area contributed by atoms with E-state index in [1.54, 1.807) is 12.1 Å². The Labute approximate surface area is 163 Å². The van der Waals surface area contributed by atoms with Gasteiger partial charge in [-0.15, -0.1) is 0 Å². The summed E-state index contributed by atoms with van der Waals surface area (Å²) >= 11 is 5.91. The molecular formula is C21H23ClN4O. The van der Waals surface area contributed by atoms with Crippen molar-refractivity contribution in [2.24, 2.45) is 13.0 Å². The smallest absolute Gasteiger partial charge is 0.228 e. The fraction of sp³-hybridized carbons (Fsp3) is 0.333. The SMILES string of the molecule is Cn1c(CN2CCC[C@@H](C(=O)Nc3ccc(Cl)cc3)C2)nc2ccccc21. The van der Waals surface area contributed by atoms with Crippen LogP contribution in [0.2, 0.25) is 5.02 Å². The third-order valence-corrected chi connectivity index (χ3v) is 5.48. The molecule has 0 aliphatic carbocycles. The number of aromatic nitrogens is 2. The second kappa shape index (κ2) is 7.71. The van der Waals surface area contributed by atoms with Crippen LogP contribution in [-0.2, 0) is 18.4 Å². The van der Waals surface area contributed by atoms with Crippen LogP contribution < -0.4 is 5.32 Å². The Morgan fingerprint density at radius 3 is 2.78 bits per heavy atom. The van der Waals surface area contributed by atoms with E-state index in [1.165, 1.54) is 0 Å². The fourth-order valence-corrected chi connectivity index (χ4v) is 3.85. The molecule has 1 N–H and O–H groups in total. The third-order valence-electron chi connectivity index (χ3n) is 5.23. The topological polar surface area (TPSA) is 50.2 Å². The van der Waals surface area contributed by atoms with E-state index in [4.69, 9.17) is 16.6 Å². The summed E-state index contributed by atoms with van der Waals surface area (Å²) in [4.78, 5) is 19.8. The van der Waals surface area contributed by atoms with Gasteiger partial charge in [0.15, 0.2) is 0 Å². The minimum Gasteiger partial charge on any atom is -0.330 e. The van der Waals surface area contributed by atoms with Gasteiger partial charge in [0.2, 0.25) is 5.91 Å². The lowest BCUT2D eigenvalue weighted by Crippen LogP contribution is -2.40. The number of para-hydroxylation sites is 2. The van der Waals surface area contributed by atoms with Crippen LogP contribution in [0.25, 0.3) is 11.0 Å². The van der Waals surface area contributed by atoms with Gasteiger partial charge in [0.05, 0.1) is 23.5 Å². The van der Waals surface area contributed by atoms with Gasteiger partial charge >= 0.3 is 0 Å². The molecule has 0 radical (unpaired) electrons. The molecule has 3 aromatic rings. The molecule has 27 heavy (non-hydrogen) atoms. The number of halogens is 1. The maximum atomic E-state index is 12.7. The van der Waals surface area contributed by atoms with Crippen molar-refractivity contribution >= 4 is 34.2 Å². The lowest BCUT2D eigenvalue weighted by Gasteiger charge is -2.31. The Kier molecular flexibility index (Phi) is 5.14. The van der Waals surface area contributed by atoms with Gasteiger partial charge in [0.25, 0.3) is 0 Å². The standard InChI is InChI=1S/C21H23ClN4O/c1-25-19-7-3-2-6-18(19)24-20(25)14-26-12-4-5-15(13-26)21(27)23-17-10-8-16(22)9-11-17/h2-3,6-11,15H,4-5,12-14H2,1H3,(H,23,27)/t15-/m1/s1. The molecule has 2 aromatic carbocycles. The quantitative estimate of drug-likeness (QED) is 0.739. The van der Waals surface area contributed by atoms with Crippen LogP contribution in [-0.4, -0.2) is 33.4 Å². The number of fused-ring (bicyclic) bond motifs is 1. The molecule has 5 nitrogen and oxygen atoms in total. The molecule has 2 heterocycles. The van der Waals surface area contributed by atoms with E-state index < -0.39 is 0 Å². The fourth-order valence-electron chi connectivity index (χ4n) is 3.73. The molecule has 1 aromatic heterocycles. The summed E-state index contributed by atoms with van der Waals surface area (Å²) in [6.45, 7) is 2.51. The number of amides is 1. The Bertz CT molecular complexity index is 950. The van der Waals surface area contributed by atoms with Gasteiger partial charge in [-0.2, -0.15) is 0 Å². The van der Waals surface area contributed by atoms with E-state index in [0.717, 1.165) is 55.0 Å². The van der Waals surface area contributed by atoms with Crippen molar-refractivity contribution in [3.63, 3.8) is 0 Å². The van der Waals surface area contributed by atoms with Crippen molar-refractivity contribution in [2.45, 2.75) is 19.4 Å².